The molecule has 0 aliphatic rings. The summed E-state index contributed by atoms with van der Waals surface area (Å²) in [5.41, 5.74) is 0.750. The molecule has 0 radical (unpaired) electrons. The van der Waals surface area contributed by atoms with E-state index in [2.05, 4.69) is 0 Å². The van der Waals surface area contributed by atoms with Crippen molar-refractivity contribution in [2.24, 2.45) is 5.92 Å². The zero-order valence-corrected chi connectivity index (χ0v) is 9.33. The van der Waals surface area contributed by atoms with Gasteiger partial charge in [-0.1, -0.05) is 37.3 Å². The fraction of sp³-hybridized carbons (Fsp3) is 0.417. The van der Waals surface area contributed by atoms with Crippen LogP contribution in [0.15, 0.2) is 30.3 Å². The first-order valence-corrected chi connectivity index (χ1v) is 5.16. The van der Waals surface area contributed by atoms with E-state index < -0.39 is 24.5 Å². The Morgan fingerprint density at radius 2 is 1.88 bits per heavy atom. The first-order valence-electron chi connectivity index (χ1n) is 5.16. The lowest BCUT2D eigenvalue weighted by molar-refractivity contribution is -0.167. The van der Waals surface area contributed by atoms with Crippen molar-refractivity contribution in [1.82, 2.24) is 0 Å². The van der Waals surface area contributed by atoms with Gasteiger partial charge in [0.1, 0.15) is 6.61 Å². The molecule has 0 heterocycles. The van der Waals surface area contributed by atoms with Gasteiger partial charge in [0.25, 0.3) is 0 Å². The fourth-order valence-corrected chi connectivity index (χ4v) is 1.30. The molecule has 0 spiro atoms. The number of esters is 1. The number of carbonyl (C=O) groups excluding carboxylic acids is 1. The molecule has 0 bridgehead atoms. The predicted molar refractivity (Wildman–Crippen MR) is 56.1 cm³/mol. The highest BCUT2D eigenvalue weighted by Crippen LogP contribution is 2.25. The van der Waals surface area contributed by atoms with Gasteiger partial charge in [0.15, 0.2) is 0 Å². The van der Waals surface area contributed by atoms with Crippen LogP contribution in [0.3, 0.4) is 0 Å². The second kappa shape index (κ2) is 5.70. The molecular formula is C12H13F3O2. The normalized spacial score (nSPS) is 13.2. The summed E-state index contributed by atoms with van der Waals surface area (Å²) in [7, 11) is 0. The minimum Gasteiger partial charge on any atom is -0.461 e. The molecule has 1 atom stereocenters. The van der Waals surface area contributed by atoms with Crippen LogP contribution in [0.4, 0.5) is 13.2 Å². The maximum atomic E-state index is 12.0. The van der Waals surface area contributed by atoms with E-state index in [1.165, 1.54) is 6.92 Å². The van der Waals surface area contributed by atoms with Crippen LogP contribution in [0, 0.1) is 5.92 Å². The molecule has 0 aliphatic heterocycles. The Kier molecular flexibility index (Phi) is 4.54. The average molecular weight is 246 g/mol. The van der Waals surface area contributed by atoms with Crippen LogP contribution < -0.4 is 0 Å². The second-order valence-corrected chi connectivity index (χ2v) is 3.81. The van der Waals surface area contributed by atoms with E-state index in [-0.39, 0.29) is 6.61 Å². The number of ether oxygens (including phenoxy) is 1. The molecule has 0 N–H and O–H groups in total. The third-order valence-electron chi connectivity index (χ3n) is 2.16. The summed E-state index contributed by atoms with van der Waals surface area (Å²) in [4.78, 5) is 11.3. The van der Waals surface area contributed by atoms with E-state index in [1.54, 1.807) is 30.3 Å². The summed E-state index contributed by atoms with van der Waals surface area (Å²) in [6.07, 6.45) is -5.49. The van der Waals surface area contributed by atoms with Crippen molar-refractivity contribution in [3.8, 4) is 0 Å². The number of alkyl halides is 3. The monoisotopic (exact) mass is 246 g/mol. The Balaban J connectivity index is 2.40. The molecule has 1 unspecified atom stereocenters. The molecule has 17 heavy (non-hydrogen) atoms. The van der Waals surface area contributed by atoms with E-state index in [0.29, 0.717) is 0 Å². The molecule has 5 heteroatoms. The van der Waals surface area contributed by atoms with E-state index in [4.69, 9.17) is 4.74 Å². The zero-order valence-electron chi connectivity index (χ0n) is 9.33. The first kappa shape index (κ1) is 13.5. The Hall–Kier alpha value is -1.52. The molecule has 1 aromatic rings. The molecular weight excluding hydrogens is 233 g/mol. The molecule has 1 aromatic carbocycles. The van der Waals surface area contributed by atoms with Crippen LogP contribution >= 0.6 is 0 Å². The number of benzene rings is 1. The molecule has 94 valence electrons. The van der Waals surface area contributed by atoms with Crippen LogP contribution in [0.25, 0.3) is 0 Å². The summed E-state index contributed by atoms with van der Waals surface area (Å²) in [6, 6.07) is 8.81. The third kappa shape index (κ3) is 5.38. The smallest absolute Gasteiger partial charge is 0.389 e. The number of halogens is 3. The average Bonchev–Trinajstić information content (AvgIpc) is 2.25. The SMILES string of the molecule is CC(CC(F)(F)F)C(=O)OCc1ccccc1. The Bertz CT molecular complexity index is 360. The molecule has 0 saturated carbocycles. The topological polar surface area (TPSA) is 26.3 Å². The van der Waals surface area contributed by atoms with Gasteiger partial charge in [0.2, 0.25) is 0 Å². The molecule has 1 rings (SSSR count). The van der Waals surface area contributed by atoms with Gasteiger partial charge in [-0.05, 0) is 5.56 Å². The fourth-order valence-electron chi connectivity index (χ4n) is 1.30. The van der Waals surface area contributed by atoms with Gasteiger partial charge in [-0.2, -0.15) is 13.2 Å². The number of carbonyl (C=O) groups is 1. The van der Waals surface area contributed by atoms with E-state index in [9.17, 15) is 18.0 Å². The molecule has 0 amide bonds. The summed E-state index contributed by atoms with van der Waals surface area (Å²) in [6.45, 7) is 1.21. The summed E-state index contributed by atoms with van der Waals surface area (Å²) < 4.78 is 40.9. The summed E-state index contributed by atoms with van der Waals surface area (Å²) in [5, 5.41) is 0. The lowest BCUT2D eigenvalue weighted by Crippen LogP contribution is -2.21. The second-order valence-electron chi connectivity index (χ2n) is 3.81. The van der Waals surface area contributed by atoms with Crippen LogP contribution in [-0.2, 0) is 16.1 Å². The Labute approximate surface area is 97.4 Å². The highest BCUT2D eigenvalue weighted by atomic mass is 19.4. The molecule has 0 aliphatic carbocycles. The molecule has 2 nitrogen and oxygen atoms in total. The highest BCUT2D eigenvalue weighted by molar-refractivity contribution is 5.72. The van der Waals surface area contributed by atoms with Crippen molar-refractivity contribution in [3.05, 3.63) is 35.9 Å². The van der Waals surface area contributed by atoms with Crippen molar-refractivity contribution in [1.29, 1.82) is 0 Å². The van der Waals surface area contributed by atoms with Crippen molar-refractivity contribution in [2.45, 2.75) is 26.1 Å². The van der Waals surface area contributed by atoms with Crippen LogP contribution in [0.2, 0.25) is 0 Å². The van der Waals surface area contributed by atoms with E-state index in [1.807, 2.05) is 0 Å². The Morgan fingerprint density at radius 3 is 2.41 bits per heavy atom. The summed E-state index contributed by atoms with van der Waals surface area (Å²) >= 11 is 0. The largest absolute Gasteiger partial charge is 0.461 e. The van der Waals surface area contributed by atoms with Gasteiger partial charge < -0.3 is 4.74 Å². The lowest BCUT2D eigenvalue weighted by Gasteiger charge is -2.13. The predicted octanol–water partition coefficient (Wildman–Crippen LogP) is 3.32. The number of hydrogen-bond acceptors (Lipinski definition) is 2. The Morgan fingerprint density at radius 1 is 1.29 bits per heavy atom. The van der Waals surface area contributed by atoms with Gasteiger partial charge in [0, 0.05) is 0 Å². The van der Waals surface area contributed by atoms with Gasteiger partial charge >= 0.3 is 12.1 Å². The minimum absolute atomic E-state index is 0.00186. The van der Waals surface area contributed by atoms with Crippen molar-refractivity contribution in [2.75, 3.05) is 0 Å². The zero-order chi connectivity index (χ0) is 12.9. The molecule has 0 saturated heterocycles. The van der Waals surface area contributed by atoms with Crippen LogP contribution in [-0.4, -0.2) is 12.1 Å². The van der Waals surface area contributed by atoms with Gasteiger partial charge in [-0.3, -0.25) is 4.79 Å². The summed E-state index contributed by atoms with van der Waals surface area (Å²) in [5.74, 6) is -2.00. The molecule has 0 fully saturated rings. The third-order valence-corrected chi connectivity index (χ3v) is 2.16. The molecule has 0 aromatic heterocycles. The number of hydrogen-bond donors (Lipinski definition) is 0. The van der Waals surface area contributed by atoms with Crippen LogP contribution in [0.5, 0.6) is 0 Å². The van der Waals surface area contributed by atoms with E-state index >= 15 is 0 Å². The maximum Gasteiger partial charge on any atom is 0.389 e. The van der Waals surface area contributed by atoms with Gasteiger partial charge in [-0.15, -0.1) is 0 Å². The van der Waals surface area contributed by atoms with Crippen molar-refractivity contribution in [3.63, 3.8) is 0 Å². The lowest BCUT2D eigenvalue weighted by atomic mass is 10.1. The number of rotatable bonds is 4. The highest BCUT2D eigenvalue weighted by Gasteiger charge is 2.33. The minimum atomic E-state index is -4.34. The van der Waals surface area contributed by atoms with Gasteiger partial charge in [0.05, 0.1) is 12.3 Å². The van der Waals surface area contributed by atoms with E-state index in [0.717, 1.165) is 5.56 Å². The van der Waals surface area contributed by atoms with Gasteiger partial charge in [-0.25, -0.2) is 0 Å². The van der Waals surface area contributed by atoms with Crippen molar-refractivity contribution < 1.29 is 22.7 Å². The standard InChI is InChI=1S/C12H13F3O2/c1-9(7-12(13,14)15)11(16)17-8-10-5-3-2-4-6-10/h2-6,9H,7-8H2,1H3. The quantitative estimate of drug-likeness (QED) is 0.762. The maximum absolute atomic E-state index is 12.0. The first-order chi connectivity index (χ1) is 7.88. The van der Waals surface area contributed by atoms with Crippen LogP contribution in [0.1, 0.15) is 18.9 Å². The van der Waals surface area contributed by atoms with Crippen molar-refractivity contribution >= 4 is 5.97 Å².